The monoisotopic (exact) mass is 387 g/mol. The van der Waals surface area contributed by atoms with Crippen molar-refractivity contribution in [3.8, 4) is 0 Å². The van der Waals surface area contributed by atoms with Crippen molar-refractivity contribution in [2.24, 2.45) is 0 Å². The van der Waals surface area contributed by atoms with Gasteiger partial charge in [-0.2, -0.15) is 13.2 Å². The molecule has 0 spiro atoms. The summed E-state index contributed by atoms with van der Waals surface area (Å²) in [6, 6.07) is 13.1. The fourth-order valence-corrected chi connectivity index (χ4v) is 2.79. The summed E-state index contributed by atoms with van der Waals surface area (Å²) in [5.74, 6) is -1.01. The molecule has 0 unspecified atom stereocenters. The first-order valence-corrected chi connectivity index (χ1v) is 8.34. The number of hydrogen-bond acceptors (Lipinski definition) is 3. The second kappa shape index (κ2) is 7.67. The molecule has 0 atom stereocenters. The highest BCUT2D eigenvalue weighted by Gasteiger charge is 2.30. The molecule has 0 radical (unpaired) electrons. The highest BCUT2D eigenvalue weighted by atomic mass is 19.4. The summed E-state index contributed by atoms with van der Waals surface area (Å²) < 4.78 is 38.5. The van der Waals surface area contributed by atoms with E-state index in [-0.39, 0.29) is 12.2 Å². The molecular formula is C20H16F3N3O2. The Hall–Kier alpha value is -3.42. The van der Waals surface area contributed by atoms with E-state index in [1.165, 1.54) is 24.0 Å². The average Bonchev–Trinajstić information content (AvgIpc) is 2.65. The van der Waals surface area contributed by atoms with E-state index in [9.17, 15) is 22.8 Å². The summed E-state index contributed by atoms with van der Waals surface area (Å²) in [5.41, 5.74) is 0.128. The molecule has 28 heavy (non-hydrogen) atoms. The highest BCUT2D eigenvalue weighted by Crippen LogP contribution is 2.30. The smallest absolute Gasteiger partial charge is 0.325 e. The van der Waals surface area contributed by atoms with Gasteiger partial charge >= 0.3 is 6.18 Å². The van der Waals surface area contributed by atoms with Crippen molar-refractivity contribution in [1.29, 1.82) is 0 Å². The Labute approximate surface area is 158 Å². The molecular weight excluding hydrogens is 371 g/mol. The van der Waals surface area contributed by atoms with Crippen molar-refractivity contribution in [3.05, 3.63) is 66.4 Å². The molecule has 0 aliphatic rings. The molecule has 0 fully saturated rings. The first kappa shape index (κ1) is 19.3. The SMILES string of the molecule is CC(=O)N(CC(=O)Nc1cccc(C(F)(F)F)c1)c1cccc2cccnc12. The minimum Gasteiger partial charge on any atom is -0.325 e. The van der Waals surface area contributed by atoms with Gasteiger partial charge in [-0.25, -0.2) is 0 Å². The third-order valence-electron chi connectivity index (χ3n) is 4.06. The van der Waals surface area contributed by atoms with Crippen LogP contribution in [0.1, 0.15) is 12.5 Å². The third-order valence-corrected chi connectivity index (χ3v) is 4.06. The number of nitrogens with zero attached hydrogens (tertiary/aromatic N) is 2. The van der Waals surface area contributed by atoms with Gasteiger partial charge < -0.3 is 10.2 Å². The minimum absolute atomic E-state index is 0.000582. The van der Waals surface area contributed by atoms with Gasteiger partial charge in [0.25, 0.3) is 0 Å². The Balaban J connectivity index is 1.84. The molecule has 0 aliphatic carbocycles. The molecule has 8 heteroatoms. The first-order valence-electron chi connectivity index (χ1n) is 8.34. The van der Waals surface area contributed by atoms with Gasteiger partial charge in [-0.05, 0) is 30.3 Å². The van der Waals surface area contributed by atoms with Crippen LogP contribution in [-0.4, -0.2) is 23.3 Å². The van der Waals surface area contributed by atoms with Crippen molar-refractivity contribution >= 4 is 34.1 Å². The molecule has 2 aromatic carbocycles. The van der Waals surface area contributed by atoms with Crippen LogP contribution in [0.3, 0.4) is 0 Å². The zero-order chi connectivity index (χ0) is 20.3. The van der Waals surface area contributed by atoms with E-state index in [0.29, 0.717) is 11.2 Å². The normalized spacial score (nSPS) is 11.3. The second-order valence-electron chi connectivity index (χ2n) is 6.08. The first-order chi connectivity index (χ1) is 13.3. The standard InChI is InChI=1S/C20H16F3N3O2/c1-13(27)26(17-9-2-5-14-6-4-10-24-19(14)17)12-18(28)25-16-8-3-7-15(11-16)20(21,22)23/h2-11H,12H2,1H3,(H,25,28). The lowest BCUT2D eigenvalue weighted by Gasteiger charge is -2.22. The maximum atomic E-state index is 12.8. The Morgan fingerprint density at radius 3 is 2.50 bits per heavy atom. The number of fused-ring (bicyclic) bond motifs is 1. The zero-order valence-corrected chi connectivity index (χ0v) is 14.8. The quantitative estimate of drug-likeness (QED) is 0.728. The van der Waals surface area contributed by atoms with Crippen LogP contribution < -0.4 is 10.2 Å². The van der Waals surface area contributed by atoms with E-state index in [1.807, 2.05) is 12.1 Å². The van der Waals surface area contributed by atoms with Gasteiger partial charge in [0.15, 0.2) is 0 Å². The summed E-state index contributed by atoms with van der Waals surface area (Å²) in [4.78, 5) is 30.0. The number of halogens is 3. The molecule has 1 aromatic heterocycles. The summed E-state index contributed by atoms with van der Waals surface area (Å²) >= 11 is 0. The van der Waals surface area contributed by atoms with Gasteiger partial charge in [-0.1, -0.05) is 24.3 Å². The Morgan fingerprint density at radius 1 is 1.07 bits per heavy atom. The van der Waals surface area contributed by atoms with Crippen LogP contribution >= 0.6 is 0 Å². The Morgan fingerprint density at radius 2 is 1.79 bits per heavy atom. The Kier molecular flexibility index (Phi) is 5.30. The maximum absolute atomic E-state index is 12.8. The number of benzene rings is 2. The molecule has 3 rings (SSSR count). The molecule has 0 saturated heterocycles. The van der Waals surface area contributed by atoms with Gasteiger partial charge in [0.05, 0.1) is 16.8 Å². The van der Waals surface area contributed by atoms with E-state index in [1.54, 1.807) is 24.4 Å². The largest absolute Gasteiger partial charge is 0.416 e. The molecule has 1 heterocycles. The zero-order valence-electron chi connectivity index (χ0n) is 14.8. The number of carbonyl (C=O) groups is 2. The number of hydrogen-bond donors (Lipinski definition) is 1. The number of anilines is 2. The fraction of sp³-hybridized carbons (Fsp3) is 0.150. The Bertz CT molecular complexity index is 1030. The summed E-state index contributed by atoms with van der Waals surface area (Å²) in [6.45, 7) is 0.945. The number of para-hydroxylation sites is 1. The average molecular weight is 387 g/mol. The molecule has 0 bridgehead atoms. The molecule has 144 valence electrons. The molecule has 1 N–H and O–H groups in total. The summed E-state index contributed by atoms with van der Waals surface area (Å²) in [7, 11) is 0. The number of aromatic nitrogens is 1. The van der Waals surface area contributed by atoms with Crippen molar-refractivity contribution in [3.63, 3.8) is 0 Å². The molecule has 2 amide bonds. The highest BCUT2D eigenvalue weighted by molar-refractivity contribution is 6.06. The third kappa shape index (κ3) is 4.28. The van der Waals surface area contributed by atoms with Crippen LogP contribution in [0.4, 0.5) is 24.5 Å². The van der Waals surface area contributed by atoms with Crippen LogP contribution in [0.2, 0.25) is 0 Å². The topological polar surface area (TPSA) is 62.3 Å². The van der Waals surface area contributed by atoms with Crippen LogP contribution in [0.5, 0.6) is 0 Å². The predicted octanol–water partition coefficient (Wildman–Crippen LogP) is 4.25. The van der Waals surface area contributed by atoms with E-state index in [4.69, 9.17) is 0 Å². The molecule has 5 nitrogen and oxygen atoms in total. The maximum Gasteiger partial charge on any atom is 0.416 e. The van der Waals surface area contributed by atoms with Gasteiger partial charge in [0, 0.05) is 24.2 Å². The van der Waals surface area contributed by atoms with Crippen LogP contribution in [0.25, 0.3) is 10.9 Å². The van der Waals surface area contributed by atoms with E-state index >= 15 is 0 Å². The number of pyridine rings is 1. The second-order valence-corrected chi connectivity index (χ2v) is 6.08. The lowest BCUT2D eigenvalue weighted by atomic mass is 10.1. The molecule has 0 aliphatic heterocycles. The van der Waals surface area contributed by atoms with Gasteiger partial charge in [0.1, 0.15) is 6.54 Å². The van der Waals surface area contributed by atoms with Gasteiger partial charge in [-0.15, -0.1) is 0 Å². The van der Waals surface area contributed by atoms with Crippen LogP contribution in [0.15, 0.2) is 60.8 Å². The summed E-state index contributed by atoms with van der Waals surface area (Å²) in [5, 5.41) is 3.20. The van der Waals surface area contributed by atoms with Gasteiger partial charge in [-0.3, -0.25) is 14.6 Å². The van der Waals surface area contributed by atoms with Crippen molar-refractivity contribution in [2.75, 3.05) is 16.8 Å². The lowest BCUT2D eigenvalue weighted by molar-refractivity contribution is -0.137. The predicted molar refractivity (Wildman–Crippen MR) is 99.8 cm³/mol. The lowest BCUT2D eigenvalue weighted by Crippen LogP contribution is -2.36. The molecule has 3 aromatic rings. The van der Waals surface area contributed by atoms with Gasteiger partial charge in [0.2, 0.25) is 11.8 Å². The summed E-state index contributed by atoms with van der Waals surface area (Å²) in [6.07, 6.45) is -2.94. The number of amides is 2. The van der Waals surface area contributed by atoms with Crippen LogP contribution in [0, 0.1) is 0 Å². The van der Waals surface area contributed by atoms with E-state index < -0.39 is 23.6 Å². The van der Waals surface area contributed by atoms with Crippen molar-refractivity contribution in [1.82, 2.24) is 4.98 Å². The minimum atomic E-state index is -4.51. The van der Waals surface area contributed by atoms with Crippen molar-refractivity contribution < 1.29 is 22.8 Å². The molecule has 0 saturated carbocycles. The number of nitrogens with one attached hydrogen (secondary N) is 1. The van der Waals surface area contributed by atoms with Crippen LogP contribution in [-0.2, 0) is 15.8 Å². The number of carbonyl (C=O) groups excluding carboxylic acids is 2. The number of alkyl halides is 3. The fourth-order valence-electron chi connectivity index (χ4n) is 2.79. The van der Waals surface area contributed by atoms with E-state index in [2.05, 4.69) is 10.3 Å². The number of rotatable bonds is 4. The van der Waals surface area contributed by atoms with E-state index in [0.717, 1.165) is 17.5 Å². The van der Waals surface area contributed by atoms with Crippen molar-refractivity contribution in [2.45, 2.75) is 13.1 Å².